The summed E-state index contributed by atoms with van der Waals surface area (Å²) in [6.07, 6.45) is 4.40. The first kappa shape index (κ1) is 18.0. The second-order valence-corrected chi connectivity index (χ2v) is 8.12. The van der Waals surface area contributed by atoms with Gasteiger partial charge in [-0.05, 0) is 50.5 Å². The van der Waals surface area contributed by atoms with E-state index in [1.54, 1.807) is 11.5 Å². The van der Waals surface area contributed by atoms with Crippen molar-refractivity contribution < 1.29 is 9.50 Å². The van der Waals surface area contributed by atoms with Crippen LogP contribution in [0.4, 0.5) is 10.1 Å². The Morgan fingerprint density at radius 2 is 2.04 bits per heavy atom. The fourth-order valence-electron chi connectivity index (χ4n) is 4.28. The largest absolute Gasteiger partial charge is 0.396 e. The maximum atomic E-state index is 15.0. The van der Waals surface area contributed by atoms with Crippen LogP contribution in [0.3, 0.4) is 0 Å². The normalized spacial score (nSPS) is 18.1. The molecule has 0 bridgehead atoms. The molecule has 0 spiro atoms. The highest BCUT2D eigenvalue weighted by molar-refractivity contribution is 5.87. The molecule has 0 atom stereocenters. The number of aliphatic hydroxyl groups excluding tert-OH is 1. The van der Waals surface area contributed by atoms with E-state index in [0.29, 0.717) is 34.4 Å². The Kier molecular flexibility index (Phi) is 4.06. The van der Waals surface area contributed by atoms with E-state index in [0.717, 1.165) is 25.7 Å². The van der Waals surface area contributed by atoms with Gasteiger partial charge in [0.25, 0.3) is 5.56 Å². The number of fused-ring (bicyclic) bond motifs is 1. The lowest BCUT2D eigenvalue weighted by molar-refractivity contribution is 0.250. The van der Waals surface area contributed by atoms with E-state index >= 15 is 4.39 Å². The maximum Gasteiger partial charge on any atom is 0.350 e. The Balaban J connectivity index is 1.90. The van der Waals surface area contributed by atoms with Gasteiger partial charge >= 0.3 is 5.69 Å². The molecule has 2 aliphatic carbocycles. The molecule has 1 heterocycles. The zero-order chi connectivity index (χ0) is 19.5. The van der Waals surface area contributed by atoms with Gasteiger partial charge in [0.05, 0.1) is 16.6 Å². The average molecular weight is 376 g/mol. The first-order valence-electron chi connectivity index (χ1n) is 9.37. The van der Waals surface area contributed by atoms with Crippen LogP contribution >= 0.6 is 0 Å². The summed E-state index contributed by atoms with van der Waals surface area (Å²) in [5.41, 5.74) is 0.237. The number of hydrogen-bond donors (Lipinski definition) is 2. The van der Waals surface area contributed by atoms with Gasteiger partial charge in [0.2, 0.25) is 0 Å². The summed E-state index contributed by atoms with van der Waals surface area (Å²) in [5, 5.41) is 9.42. The van der Waals surface area contributed by atoms with Crippen molar-refractivity contribution in [2.45, 2.75) is 45.1 Å². The Bertz CT molecular complexity index is 1030. The number of nitrogens with zero attached hydrogens (tertiary/aromatic N) is 3. The van der Waals surface area contributed by atoms with Crippen molar-refractivity contribution in [1.82, 2.24) is 9.24 Å². The van der Waals surface area contributed by atoms with E-state index in [4.69, 9.17) is 5.84 Å². The summed E-state index contributed by atoms with van der Waals surface area (Å²) in [6, 6.07) is 1.20. The van der Waals surface area contributed by atoms with Gasteiger partial charge in [0, 0.05) is 31.8 Å². The molecular formula is C19H25FN4O3. The quantitative estimate of drug-likeness (QED) is 0.741. The molecule has 0 unspecified atom stereocenters. The summed E-state index contributed by atoms with van der Waals surface area (Å²) in [5.74, 6) is 5.15. The Morgan fingerprint density at radius 1 is 1.37 bits per heavy atom. The van der Waals surface area contributed by atoms with Crippen LogP contribution in [0.15, 0.2) is 15.7 Å². The monoisotopic (exact) mass is 376 g/mol. The molecule has 1 aromatic carbocycles. The Morgan fingerprint density at radius 3 is 2.59 bits per heavy atom. The van der Waals surface area contributed by atoms with Crippen molar-refractivity contribution in [2.75, 3.05) is 30.9 Å². The Hall–Kier alpha value is -2.35. The second-order valence-electron chi connectivity index (χ2n) is 8.12. The molecule has 0 amide bonds. The molecule has 2 saturated carbocycles. The number of benzene rings is 1. The van der Waals surface area contributed by atoms with E-state index in [1.165, 1.54) is 6.07 Å². The molecule has 2 fully saturated rings. The van der Waals surface area contributed by atoms with Crippen LogP contribution in [0.5, 0.6) is 0 Å². The number of nitrogen functional groups attached to an aromatic ring is 1. The molecule has 146 valence electrons. The molecular weight excluding hydrogens is 351 g/mol. The lowest BCUT2D eigenvalue weighted by Gasteiger charge is -2.28. The van der Waals surface area contributed by atoms with Crippen LogP contribution in [0.1, 0.15) is 43.7 Å². The molecule has 8 heteroatoms. The molecule has 0 aliphatic heterocycles. The number of halogens is 1. The molecule has 2 aliphatic rings. The molecule has 4 rings (SSSR count). The van der Waals surface area contributed by atoms with Gasteiger partial charge in [0.1, 0.15) is 5.82 Å². The first-order valence-corrected chi connectivity index (χ1v) is 9.37. The standard InChI is InChI=1S/C19H25FN4O3/c1-11-15-13(17(26)24(21)18(27)23(15)12-3-4-12)9-14(20)16(11)22(2)10-19(5-6-19)7-8-25/h9,12,25H,3-8,10,21H2,1-2H3. The zero-order valence-corrected chi connectivity index (χ0v) is 15.7. The molecule has 27 heavy (non-hydrogen) atoms. The minimum Gasteiger partial charge on any atom is -0.396 e. The minimum atomic E-state index is -0.679. The highest BCUT2D eigenvalue weighted by atomic mass is 19.1. The lowest BCUT2D eigenvalue weighted by Crippen LogP contribution is -2.44. The summed E-state index contributed by atoms with van der Waals surface area (Å²) in [6.45, 7) is 2.49. The average Bonchev–Trinajstić information content (AvgIpc) is 3.52. The van der Waals surface area contributed by atoms with Crippen molar-refractivity contribution in [3.63, 3.8) is 0 Å². The fourth-order valence-corrected chi connectivity index (χ4v) is 4.28. The van der Waals surface area contributed by atoms with Crippen molar-refractivity contribution in [2.24, 2.45) is 5.41 Å². The smallest absolute Gasteiger partial charge is 0.350 e. The SMILES string of the molecule is Cc1c(N(C)CC2(CCO)CC2)c(F)cc2c(=O)n(N)c(=O)n(C3CC3)c12. The van der Waals surface area contributed by atoms with Crippen molar-refractivity contribution in [1.29, 1.82) is 0 Å². The lowest BCUT2D eigenvalue weighted by atomic mass is 10.0. The third-order valence-electron chi connectivity index (χ3n) is 6.03. The van der Waals surface area contributed by atoms with Gasteiger partial charge in [-0.3, -0.25) is 9.36 Å². The highest BCUT2D eigenvalue weighted by Gasteiger charge is 2.43. The minimum absolute atomic E-state index is 0.00174. The number of aryl methyl sites for hydroxylation is 1. The Labute approximate surface area is 155 Å². The van der Waals surface area contributed by atoms with Crippen LogP contribution in [0.2, 0.25) is 0 Å². The number of aliphatic hydroxyl groups is 1. The molecule has 7 nitrogen and oxygen atoms in total. The summed E-state index contributed by atoms with van der Waals surface area (Å²) >= 11 is 0. The summed E-state index contributed by atoms with van der Waals surface area (Å²) in [4.78, 5) is 26.9. The second kappa shape index (κ2) is 6.09. The molecule has 0 radical (unpaired) electrons. The van der Waals surface area contributed by atoms with Crippen molar-refractivity contribution >= 4 is 16.6 Å². The van der Waals surface area contributed by atoms with Crippen LogP contribution < -0.4 is 22.0 Å². The van der Waals surface area contributed by atoms with E-state index in [-0.39, 0.29) is 23.4 Å². The topological polar surface area (TPSA) is 93.5 Å². The predicted octanol–water partition coefficient (Wildman–Crippen LogP) is 1.26. The van der Waals surface area contributed by atoms with Gasteiger partial charge in [-0.1, -0.05) is 0 Å². The van der Waals surface area contributed by atoms with E-state index in [1.807, 2.05) is 11.9 Å². The van der Waals surface area contributed by atoms with Crippen LogP contribution in [0.25, 0.3) is 10.9 Å². The summed E-state index contributed by atoms with van der Waals surface area (Å²) in [7, 11) is 1.82. The number of aromatic nitrogens is 2. The number of hydrogen-bond acceptors (Lipinski definition) is 5. The van der Waals surface area contributed by atoms with E-state index < -0.39 is 17.1 Å². The molecule has 3 N–H and O–H groups in total. The van der Waals surface area contributed by atoms with Gasteiger partial charge in [0.15, 0.2) is 0 Å². The number of anilines is 1. The van der Waals surface area contributed by atoms with Gasteiger partial charge in [-0.15, -0.1) is 0 Å². The molecule has 0 saturated heterocycles. The zero-order valence-electron chi connectivity index (χ0n) is 15.7. The highest BCUT2D eigenvalue weighted by Crippen LogP contribution is 2.50. The molecule has 2 aromatic rings. The van der Waals surface area contributed by atoms with E-state index in [2.05, 4.69) is 0 Å². The van der Waals surface area contributed by atoms with Crippen molar-refractivity contribution in [3.05, 3.63) is 38.3 Å². The third kappa shape index (κ3) is 2.82. The fraction of sp³-hybridized carbons (Fsp3) is 0.579. The van der Waals surface area contributed by atoms with Gasteiger partial charge in [-0.2, -0.15) is 4.68 Å². The first-order chi connectivity index (χ1) is 12.8. The van der Waals surface area contributed by atoms with Gasteiger partial charge in [-0.25, -0.2) is 9.18 Å². The van der Waals surface area contributed by atoms with E-state index in [9.17, 15) is 14.7 Å². The van der Waals surface area contributed by atoms with Crippen molar-refractivity contribution in [3.8, 4) is 0 Å². The third-order valence-corrected chi connectivity index (χ3v) is 6.03. The predicted molar refractivity (Wildman–Crippen MR) is 102 cm³/mol. The number of rotatable bonds is 6. The van der Waals surface area contributed by atoms with Gasteiger partial charge < -0.3 is 15.8 Å². The molecule has 1 aromatic heterocycles. The van der Waals surface area contributed by atoms with Crippen LogP contribution in [-0.2, 0) is 0 Å². The number of nitrogens with two attached hydrogens (primary N) is 1. The summed E-state index contributed by atoms with van der Waals surface area (Å²) < 4.78 is 17.1. The van der Waals surface area contributed by atoms with Crippen LogP contribution in [0, 0.1) is 18.2 Å². The van der Waals surface area contributed by atoms with Crippen LogP contribution in [-0.4, -0.2) is 34.5 Å². The maximum absolute atomic E-state index is 15.0.